The SMILES string of the molecule is COc1c(C)cccc1C(=O)NC(=S)Nc1cc2nn(-c3ccccc3)nc2cc1Cl. The maximum Gasteiger partial charge on any atom is 0.261 e. The Kier molecular flexibility index (Phi) is 5.83. The van der Waals surface area contributed by atoms with Crippen LogP contribution in [0.4, 0.5) is 5.69 Å². The summed E-state index contributed by atoms with van der Waals surface area (Å²) in [6, 6.07) is 18.3. The number of amides is 1. The van der Waals surface area contributed by atoms with Crippen molar-refractivity contribution in [2.75, 3.05) is 12.4 Å². The molecule has 31 heavy (non-hydrogen) atoms. The van der Waals surface area contributed by atoms with Crippen LogP contribution in [-0.4, -0.2) is 33.1 Å². The summed E-state index contributed by atoms with van der Waals surface area (Å²) in [6.45, 7) is 1.86. The van der Waals surface area contributed by atoms with Gasteiger partial charge in [0.1, 0.15) is 16.8 Å². The number of aryl methyl sites for hydroxylation is 1. The molecule has 0 bridgehead atoms. The second kappa shape index (κ2) is 8.71. The highest BCUT2D eigenvalue weighted by atomic mass is 35.5. The Morgan fingerprint density at radius 3 is 2.48 bits per heavy atom. The summed E-state index contributed by atoms with van der Waals surface area (Å²) in [5.74, 6) is 0.116. The van der Waals surface area contributed by atoms with E-state index in [0.29, 0.717) is 33.1 Å². The van der Waals surface area contributed by atoms with Gasteiger partial charge < -0.3 is 10.1 Å². The van der Waals surface area contributed by atoms with Gasteiger partial charge in [0.25, 0.3) is 5.91 Å². The molecule has 0 spiro atoms. The summed E-state index contributed by atoms with van der Waals surface area (Å²) in [6.07, 6.45) is 0. The lowest BCUT2D eigenvalue weighted by atomic mass is 10.1. The first-order valence-corrected chi connectivity index (χ1v) is 10.1. The third-order valence-corrected chi connectivity index (χ3v) is 5.11. The van der Waals surface area contributed by atoms with Gasteiger partial charge in [-0.15, -0.1) is 10.2 Å². The Bertz CT molecular complexity index is 1290. The number of halogens is 1. The van der Waals surface area contributed by atoms with Gasteiger partial charge in [0.05, 0.1) is 29.1 Å². The van der Waals surface area contributed by atoms with Crippen molar-refractivity contribution in [3.05, 3.63) is 76.8 Å². The fraction of sp³-hybridized carbons (Fsp3) is 0.0909. The predicted molar refractivity (Wildman–Crippen MR) is 125 cm³/mol. The molecule has 0 saturated heterocycles. The zero-order valence-electron chi connectivity index (χ0n) is 16.7. The van der Waals surface area contributed by atoms with Crippen LogP contribution in [0.25, 0.3) is 16.7 Å². The van der Waals surface area contributed by atoms with Crippen LogP contribution in [-0.2, 0) is 0 Å². The molecule has 1 heterocycles. The van der Waals surface area contributed by atoms with E-state index in [-0.39, 0.29) is 11.0 Å². The summed E-state index contributed by atoms with van der Waals surface area (Å²) in [5, 5.41) is 15.1. The number of thiocarbonyl (C=S) groups is 1. The number of aromatic nitrogens is 3. The van der Waals surface area contributed by atoms with Crippen LogP contribution < -0.4 is 15.4 Å². The molecule has 0 unspecified atom stereocenters. The van der Waals surface area contributed by atoms with Crippen LogP contribution in [0.3, 0.4) is 0 Å². The Morgan fingerprint density at radius 2 is 1.77 bits per heavy atom. The van der Waals surface area contributed by atoms with Crippen LogP contribution in [0.2, 0.25) is 5.02 Å². The monoisotopic (exact) mass is 451 g/mol. The number of hydrogen-bond acceptors (Lipinski definition) is 5. The van der Waals surface area contributed by atoms with Gasteiger partial charge in [-0.05, 0) is 55.0 Å². The van der Waals surface area contributed by atoms with Crippen LogP contribution in [0.1, 0.15) is 15.9 Å². The molecule has 0 atom stereocenters. The Morgan fingerprint density at radius 1 is 1.06 bits per heavy atom. The molecule has 156 valence electrons. The summed E-state index contributed by atoms with van der Waals surface area (Å²) < 4.78 is 5.34. The van der Waals surface area contributed by atoms with Gasteiger partial charge in [-0.25, -0.2) is 0 Å². The molecule has 1 amide bonds. The number of carbonyl (C=O) groups is 1. The molecular weight excluding hydrogens is 434 g/mol. The topological polar surface area (TPSA) is 81.1 Å². The van der Waals surface area contributed by atoms with Crippen molar-refractivity contribution in [3.63, 3.8) is 0 Å². The molecule has 1 aromatic heterocycles. The van der Waals surface area contributed by atoms with Crippen molar-refractivity contribution in [1.82, 2.24) is 20.3 Å². The molecular formula is C22H18ClN5O2S. The van der Waals surface area contributed by atoms with E-state index in [0.717, 1.165) is 11.3 Å². The Labute approximate surface area is 189 Å². The number of ether oxygens (including phenoxy) is 1. The van der Waals surface area contributed by atoms with Gasteiger partial charge in [-0.1, -0.05) is 41.9 Å². The van der Waals surface area contributed by atoms with Crippen LogP contribution in [0, 0.1) is 6.92 Å². The van der Waals surface area contributed by atoms with Crippen molar-refractivity contribution >= 4 is 51.6 Å². The zero-order chi connectivity index (χ0) is 22.0. The lowest BCUT2D eigenvalue weighted by Gasteiger charge is -2.13. The smallest absolute Gasteiger partial charge is 0.261 e. The standard InChI is InChI=1S/C22H18ClN5O2S/c1-13-7-6-10-15(20(13)30-2)21(29)25-22(31)24-17-12-19-18(11-16(17)23)26-28(27-19)14-8-4-3-5-9-14/h3-12H,1-2H3,(H2,24,25,29,31). The Balaban J connectivity index is 1.54. The second-order valence-electron chi connectivity index (χ2n) is 6.71. The molecule has 7 nitrogen and oxygen atoms in total. The summed E-state index contributed by atoms with van der Waals surface area (Å²) >= 11 is 11.7. The van der Waals surface area contributed by atoms with Crippen molar-refractivity contribution in [3.8, 4) is 11.4 Å². The third-order valence-electron chi connectivity index (χ3n) is 4.59. The van der Waals surface area contributed by atoms with Crippen LogP contribution >= 0.6 is 23.8 Å². The number of methoxy groups -OCH3 is 1. The van der Waals surface area contributed by atoms with Gasteiger partial charge >= 0.3 is 0 Å². The van der Waals surface area contributed by atoms with Crippen LogP contribution in [0.15, 0.2) is 60.7 Å². The van der Waals surface area contributed by atoms with Crippen molar-refractivity contribution in [1.29, 1.82) is 0 Å². The lowest BCUT2D eigenvalue weighted by molar-refractivity contribution is 0.0974. The van der Waals surface area contributed by atoms with Crippen LogP contribution in [0.5, 0.6) is 5.75 Å². The highest BCUT2D eigenvalue weighted by Gasteiger charge is 2.16. The number of benzene rings is 3. The second-order valence-corrected chi connectivity index (χ2v) is 7.53. The van der Waals surface area contributed by atoms with Gasteiger partial charge in [0.15, 0.2) is 5.11 Å². The van der Waals surface area contributed by atoms with Crippen molar-refractivity contribution < 1.29 is 9.53 Å². The van der Waals surface area contributed by atoms with E-state index in [1.165, 1.54) is 11.9 Å². The quantitative estimate of drug-likeness (QED) is 0.444. The molecule has 0 aliphatic heterocycles. The summed E-state index contributed by atoms with van der Waals surface area (Å²) in [5.41, 5.74) is 3.85. The third kappa shape index (κ3) is 4.35. The summed E-state index contributed by atoms with van der Waals surface area (Å²) in [4.78, 5) is 14.2. The van der Waals surface area contributed by atoms with Gasteiger partial charge in [0, 0.05) is 0 Å². The number of nitrogens with one attached hydrogen (secondary N) is 2. The minimum atomic E-state index is -0.384. The first kappa shape index (κ1) is 20.8. The number of anilines is 1. The number of fused-ring (bicyclic) bond motifs is 1. The molecule has 0 aliphatic carbocycles. The summed E-state index contributed by atoms with van der Waals surface area (Å²) in [7, 11) is 1.52. The van der Waals surface area contributed by atoms with Gasteiger partial charge in [-0.3, -0.25) is 10.1 Å². The van der Waals surface area contributed by atoms with Gasteiger partial charge in [0.2, 0.25) is 0 Å². The van der Waals surface area contributed by atoms with E-state index in [1.807, 2.05) is 43.3 Å². The highest BCUT2D eigenvalue weighted by molar-refractivity contribution is 7.80. The molecule has 0 radical (unpaired) electrons. The maximum absolute atomic E-state index is 12.7. The average molecular weight is 452 g/mol. The number of rotatable bonds is 4. The molecule has 0 saturated carbocycles. The van der Waals surface area contributed by atoms with E-state index in [9.17, 15) is 4.79 Å². The maximum atomic E-state index is 12.7. The number of carbonyl (C=O) groups excluding carboxylic acids is 1. The van der Waals surface area contributed by atoms with E-state index < -0.39 is 0 Å². The molecule has 4 rings (SSSR count). The van der Waals surface area contributed by atoms with E-state index in [1.54, 1.807) is 24.3 Å². The van der Waals surface area contributed by atoms with E-state index >= 15 is 0 Å². The lowest BCUT2D eigenvalue weighted by Crippen LogP contribution is -2.34. The number of nitrogens with zero attached hydrogens (tertiary/aromatic N) is 3. The Hall–Kier alpha value is -3.49. The minimum Gasteiger partial charge on any atom is -0.496 e. The van der Waals surface area contributed by atoms with E-state index in [2.05, 4.69) is 20.8 Å². The largest absolute Gasteiger partial charge is 0.496 e. The molecule has 9 heteroatoms. The average Bonchev–Trinajstić information content (AvgIpc) is 3.17. The highest BCUT2D eigenvalue weighted by Crippen LogP contribution is 2.27. The van der Waals surface area contributed by atoms with E-state index in [4.69, 9.17) is 28.6 Å². The molecule has 3 aromatic carbocycles. The number of hydrogen-bond donors (Lipinski definition) is 2. The normalized spacial score (nSPS) is 10.7. The fourth-order valence-corrected chi connectivity index (χ4v) is 3.54. The first-order chi connectivity index (χ1) is 15.0. The number of para-hydroxylation sites is 2. The minimum absolute atomic E-state index is 0.102. The first-order valence-electron chi connectivity index (χ1n) is 9.34. The molecule has 0 aliphatic rings. The molecule has 2 N–H and O–H groups in total. The predicted octanol–water partition coefficient (Wildman–Crippen LogP) is 4.52. The van der Waals surface area contributed by atoms with Gasteiger partial charge in [-0.2, -0.15) is 4.80 Å². The molecule has 0 fully saturated rings. The zero-order valence-corrected chi connectivity index (χ0v) is 18.3. The van der Waals surface area contributed by atoms with Crippen molar-refractivity contribution in [2.24, 2.45) is 0 Å². The fourth-order valence-electron chi connectivity index (χ4n) is 3.14. The molecule has 4 aromatic rings. The van der Waals surface area contributed by atoms with Crippen molar-refractivity contribution in [2.45, 2.75) is 6.92 Å².